The summed E-state index contributed by atoms with van der Waals surface area (Å²) in [5.41, 5.74) is 2.54. The Morgan fingerprint density at radius 1 is 1.39 bits per heavy atom. The van der Waals surface area contributed by atoms with Crippen LogP contribution in [0.4, 0.5) is 0 Å². The van der Waals surface area contributed by atoms with Crippen LogP contribution in [0.25, 0.3) is 0 Å². The summed E-state index contributed by atoms with van der Waals surface area (Å²) in [7, 11) is 0. The van der Waals surface area contributed by atoms with Crippen LogP contribution < -0.4 is 5.32 Å². The molecule has 2 aliphatic rings. The summed E-state index contributed by atoms with van der Waals surface area (Å²) < 4.78 is 5.79. The standard InChI is InChI=1S/C15H19NO2/c17-14(13-6-3-8-16-13)10-15-12-5-2-1-4-11(12)7-9-18-15/h1-2,4-5,13,15-16H,3,6-10H2. The lowest BCUT2D eigenvalue weighted by molar-refractivity contribution is -0.124. The van der Waals surface area contributed by atoms with Gasteiger partial charge in [0.25, 0.3) is 0 Å². The summed E-state index contributed by atoms with van der Waals surface area (Å²) in [5, 5.41) is 3.26. The lowest BCUT2D eigenvalue weighted by Crippen LogP contribution is -2.32. The van der Waals surface area contributed by atoms with Crippen molar-refractivity contribution in [3.8, 4) is 0 Å². The van der Waals surface area contributed by atoms with E-state index in [4.69, 9.17) is 4.74 Å². The predicted molar refractivity (Wildman–Crippen MR) is 69.5 cm³/mol. The second-order valence-corrected chi connectivity index (χ2v) is 5.13. The Labute approximate surface area is 108 Å². The Bertz CT molecular complexity index is 438. The van der Waals surface area contributed by atoms with Gasteiger partial charge in [0.2, 0.25) is 0 Å². The third kappa shape index (κ3) is 2.33. The molecule has 2 unspecified atom stereocenters. The van der Waals surface area contributed by atoms with E-state index in [1.165, 1.54) is 11.1 Å². The van der Waals surface area contributed by atoms with Crippen molar-refractivity contribution in [2.75, 3.05) is 13.2 Å². The lowest BCUT2D eigenvalue weighted by Gasteiger charge is -2.26. The van der Waals surface area contributed by atoms with Gasteiger partial charge in [0.05, 0.1) is 18.8 Å². The Hall–Kier alpha value is -1.19. The molecule has 0 bridgehead atoms. The zero-order valence-corrected chi connectivity index (χ0v) is 10.5. The first kappa shape index (κ1) is 11.9. The molecule has 0 saturated carbocycles. The number of rotatable bonds is 3. The van der Waals surface area contributed by atoms with Gasteiger partial charge in [0.1, 0.15) is 0 Å². The van der Waals surface area contributed by atoms with E-state index in [9.17, 15) is 4.79 Å². The minimum Gasteiger partial charge on any atom is -0.373 e. The van der Waals surface area contributed by atoms with Crippen molar-refractivity contribution < 1.29 is 9.53 Å². The number of benzene rings is 1. The normalized spacial score (nSPS) is 26.9. The van der Waals surface area contributed by atoms with E-state index >= 15 is 0 Å². The number of hydrogen-bond acceptors (Lipinski definition) is 3. The van der Waals surface area contributed by atoms with Crippen LogP contribution in [0, 0.1) is 0 Å². The van der Waals surface area contributed by atoms with E-state index in [1.54, 1.807) is 0 Å². The van der Waals surface area contributed by atoms with Crippen LogP contribution in [0.3, 0.4) is 0 Å². The fourth-order valence-corrected chi connectivity index (χ4v) is 2.93. The van der Waals surface area contributed by atoms with Crippen LogP contribution in [0.2, 0.25) is 0 Å². The van der Waals surface area contributed by atoms with Gasteiger partial charge in [-0.15, -0.1) is 0 Å². The van der Waals surface area contributed by atoms with E-state index in [0.29, 0.717) is 12.2 Å². The first-order chi connectivity index (χ1) is 8.84. The molecule has 0 aliphatic carbocycles. The number of ketones is 1. The molecule has 0 radical (unpaired) electrons. The van der Waals surface area contributed by atoms with E-state index in [1.807, 2.05) is 6.07 Å². The summed E-state index contributed by atoms with van der Waals surface area (Å²) in [6.45, 7) is 1.70. The van der Waals surface area contributed by atoms with Crippen molar-refractivity contribution in [1.82, 2.24) is 5.32 Å². The summed E-state index contributed by atoms with van der Waals surface area (Å²) in [5.74, 6) is 0.300. The Kier molecular flexibility index (Phi) is 3.43. The maximum Gasteiger partial charge on any atom is 0.152 e. The molecule has 3 heteroatoms. The SMILES string of the molecule is O=C(CC1OCCc2ccccc21)C1CCCN1. The average Bonchev–Trinajstić information content (AvgIpc) is 2.93. The number of carbonyl (C=O) groups is 1. The molecule has 1 aromatic rings. The van der Waals surface area contributed by atoms with Crippen LogP contribution in [-0.2, 0) is 16.0 Å². The Balaban J connectivity index is 1.72. The van der Waals surface area contributed by atoms with Crippen molar-refractivity contribution in [2.45, 2.75) is 37.8 Å². The summed E-state index contributed by atoms with van der Waals surface area (Å²) in [6, 6.07) is 8.38. The maximum atomic E-state index is 12.2. The largest absolute Gasteiger partial charge is 0.373 e. The van der Waals surface area contributed by atoms with Gasteiger partial charge in [-0.25, -0.2) is 0 Å². The third-order valence-electron chi connectivity index (χ3n) is 3.93. The third-order valence-corrected chi connectivity index (χ3v) is 3.93. The molecular weight excluding hydrogens is 226 g/mol. The number of fused-ring (bicyclic) bond motifs is 1. The number of hydrogen-bond donors (Lipinski definition) is 1. The molecule has 2 atom stereocenters. The van der Waals surface area contributed by atoms with Gasteiger partial charge in [-0.05, 0) is 36.9 Å². The van der Waals surface area contributed by atoms with Crippen molar-refractivity contribution in [3.05, 3.63) is 35.4 Å². The van der Waals surface area contributed by atoms with Crippen molar-refractivity contribution in [1.29, 1.82) is 0 Å². The first-order valence-electron chi connectivity index (χ1n) is 6.80. The Morgan fingerprint density at radius 2 is 2.28 bits per heavy atom. The van der Waals surface area contributed by atoms with Gasteiger partial charge >= 0.3 is 0 Å². The fraction of sp³-hybridized carbons (Fsp3) is 0.533. The fourth-order valence-electron chi connectivity index (χ4n) is 2.93. The van der Waals surface area contributed by atoms with Crippen molar-refractivity contribution in [2.24, 2.45) is 0 Å². The summed E-state index contributed by atoms with van der Waals surface area (Å²) in [6.07, 6.45) is 3.52. The molecule has 1 aromatic carbocycles. The molecule has 1 N–H and O–H groups in total. The topological polar surface area (TPSA) is 38.3 Å². The summed E-state index contributed by atoms with van der Waals surface area (Å²) in [4.78, 5) is 12.2. The molecular formula is C15H19NO2. The molecule has 18 heavy (non-hydrogen) atoms. The predicted octanol–water partition coefficient (Wildman–Crippen LogP) is 2.01. The van der Waals surface area contributed by atoms with Crippen molar-refractivity contribution in [3.63, 3.8) is 0 Å². The number of ether oxygens (including phenoxy) is 1. The minimum atomic E-state index is -0.0372. The molecule has 0 amide bonds. The molecule has 1 saturated heterocycles. The molecule has 2 heterocycles. The second kappa shape index (κ2) is 5.21. The number of carbonyl (C=O) groups excluding carboxylic acids is 1. The molecule has 0 aromatic heterocycles. The molecule has 96 valence electrons. The van der Waals surface area contributed by atoms with E-state index < -0.39 is 0 Å². The van der Waals surface area contributed by atoms with Crippen LogP contribution in [0.15, 0.2) is 24.3 Å². The second-order valence-electron chi connectivity index (χ2n) is 5.13. The number of Topliss-reactive ketones (excluding diaryl/α,β-unsaturated/α-hetero) is 1. The van der Waals surface area contributed by atoms with E-state index in [2.05, 4.69) is 23.5 Å². The van der Waals surface area contributed by atoms with Gasteiger partial charge in [-0.2, -0.15) is 0 Å². The zero-order valence-electron chi connectivity index (χ0n) is 10.5. The monoisotopic (exact) mass is 245 g/mol. The van der Waals surface area contributed by atoms with Gasteiger partial charge in [-0.3, -0.25) is 4.79 Å². The van der Waals surface area contributed by atoms with Gasteiger partial charge in [0.15, 0.2) is 5.78 Å². The highest BCUT2D eigenvalue weighted by atomic mass is 16.5. The maximum absolute atomic E-state index is 12.2. The van der Waals surface area contributed by atoms with E-state index in [-0.39, 0.29) is 12.1 Å². The summed E-state index contributed by atoms with van der Waals surface area (Å²) >= 11 is 0. The number of nitrogens with one attached hydrogen (secondary N) is 1. The smallest absolute Gasteiger partial charge is 0.152 e. The molecule has 0 spiro atoms. The van der Waals surface area contributed by atoms with Crippen molar-refractivity contribution >= 4 is 5.78 Å². The first-order valence-corrected chi connectivity index (χ1v) is 6.80. The average molecular weight is 245 g/mol. The minimum absolute atomic E-state index is 0.0372. The van der Waals surface area contributed by atoms with Crippen LogP contribution >= 0.6 is 0 Å². The van der Waals surface area contributed by atoms with Gasteiger partial charge < -0.3 is 10.1 Å². The van der Waals surface area contributed by atoms with Gasteiger partial charge in [-0.1, -0.05) is 24.3 Å². The lowest BCUT2D eigenvalue weighted by atomic mass is 9.93. The highest BCUT2D eigenvalue weighted by molar-refractivity contribution is 5.84. The van der Waals surface area contributed by atoms with Gasteiger partial charge in [0, 0.05) is 6.42 Å². The zero-order chi connectivity index (χ0) is 12.4. The van der Waals surface area contributed by atoms with Crippen LogP contribution in [0.1, 0.15) is 36.5 Å². The Morgan fingerprint density at radius 3 is 3.11 bits per heavy atom. The molecule has 1 fully saturated rings. The molecule has 3 rings (SSSR count). The molecule has 3 nitrogen and oxygen atoms in total. The highest BCUT2D eigenvalue weighted by Gasteiger charge is 2.28. The highest BCUT2D eigenvalue weighted by Crippen LogP contribution is 2.30. The van der Waals surface area contributed by atoms with Crippen LogP contribution in [-0.4, -0.2) is 25.0 Å². The molecule has 2 aliphatic heterocycles. The van der Waals surface area contributed by atoms with E-state index in [0.717, 1.165) is 32.4 Å². The van der Waals surface area contributed by atoms with Crippen LogP contribution in [0.5, 0.6) is 0 Å². The quantitative estimate of drug-likeness (QED) is 0.885.